The van der Waals surface area contributed by atoms with Crippen molar-refractivity contribution in [3.05, 3.63) is 104 Å². The zero-order valence-corrected chi connectivity index (χ0v) is 49.6. The van der Waals surface area contributed by atoms with Crippen molar-refractivity contribution in [3.63, 3.8) is 0 Å². The zero-order valence-electron chi connectivity index (χ0n) is 47.9. The molecule has 15 nitrogen and oxygen atoms in total. The summed E-state index contributed by atoms with van der Waals surface area (Å²) in [7, 11) is 3.36. The Hall–Kier alpha value is -5.20. The van der Waals surface area contributed by atoms with Gasteiger partial charge in [-0.15, -0.1) is 23.7 Å². The largest absolute Gasteiger partial charge is 0.465 e. The van der Waals surface area contributed by atoms with E-state index in [1.807, 2.05) is 103 Å². The summed E-state index contributed by atoms with van der Waals surface area (Å²) in [6, 6.07) is 19.6. The molecule has 1 aromatic heterocycles. The fraction of sp³-hybridized carbons (Fsp3) is 0.542. The van der Waals surface area contributed by atoms with E-state index in [1.54, 1.807) is 6.92 Å². The van der Waals surface area contributed by atoms with Crippen molar-refractivity contribution >= 4 is 76.1 Å². The quantitative estimate of drug-likeness (QED) is 0.0520. The van der Waals surface area contributed by atoms with Crippen LogP contribution in [0, 0.1) is 41.5 Å². The van der Waals surface area contributed by atoms with E-state index in [2.05, 4.69) is 81.5 Å². The third kappa shape index (κ3) is 22.4. The van der Waals surface area contributed by atoms with E-state index < -0.39 is 5.97 Å². The van der Waals surface area contributed by atoms with Gasteiger partial charge >= 0.3 is 5.97 Å². The van der Waals surface area contributed by atoms with Crippen LogP contribution < -0.4 is 31.9 Å². The number of benzene rings is 3. The highest BCUT2D eigenvalue weighted by atomic mass is 35.5. The topological polar surface area (TPSA) is 205 Å². The zero-order chi connectivity index (χ0) is 54.7. The lowest BCUT2D eigenvalue weighted by molar-refractivity contribution is -0.123. The van der Waals surface area contributed by atoms with Crippen molar-refractivity contribution in [2.45, 2.75) is 165 Å². The third-order valence-corrected chi connectivity index (χ3v) is 14.5. The van der Waals surface area contributed by atoms with Gasteiger partial charge in [-0.1, -0.05) is 94.6 Å². The average Bonchev–Trinajstić information content (AvgIpc) is 3.76. The number of unbranched alkanes of at least 4 members (excludes halogenated alkanes) is 1. The second-order valence-electron chi connectivity index (χ2n) is 19.7. The molecule has 2 aliphatic rings. The van der Waals surface area contributed by atoms with Gasteiger partial charge in [0, 0.05) is 17.1 Å². The van der Waals surface area contributed by atoms with Crippen LogP contribution in [-0.4, -0.2) is 116 Å². The molecule has 3 aromatic carbocycles. The Labute approximate surface area is 465 Å². The molecule has 3 heterocycles. The second kappa shape index (κ2) is 36.8. The molecule has 2 aliphatic heterocycles. The Bertz CT molecular complexity index is 2360. The lowest BCUT2D eigenvalue weighted by Gasteiger charge is -2.34. The van der Waals surface area contributed by atoms with Crippen LogP contribution in [0.25, 0.3) is 0 Å². The number of carbonyl (C=O) groups excluding carboxylic acids is 5. The number of esters is 1. The summed E-state index contributed by atoms with van der Waals surface area (Å²) < 4.78 is 4.70. The van der Waals surface area contributed by atoms with Gasteiger partial charge in [-0.3, -0.25) is 29.0 Å². The van der Waals surface area contributed by atoms with Gasteiger partial charge in [0.1, 0.15) is 4.88 Å². The number of nitrogens with one attached hydrogen (secondary N) is 6. The Balaban J connectivity index is 0.000000504. The van der Waals surface area contributed by atoms with E-state index in [0.29, 0.717) is 10.6 Å². The molecule has 0 radical (unpaired) electrons. The van der Waals surface area contributed by atoms with Crippen LogP contribution >= 0.6 is 23.7 Å². The number of likely N-dealkylation sites (N-methyl/N-ethyl adjacent to an activating group) is 1. The number of methoxy groups -OCH3 is 1. The van der Waals surface area contributed by atoms with Crippen LogP contribution in [-0.2, 0) is 23.9 Å². The Kier molecular flexibility index (Phi) is 33.3. The van der Waals surface area contributed by atoms with E-state index in [1.165, 1.54) is 44.1 Å². The standard InChI is InChI=1S/C18H28N2O.C15H22N2O.C13H20N2O3S.C13H20N2O.ClH.H2O/c1-4-5-12-20-13-7-6-11-16(20)18(21)19-17-14(2)9-8-10-15(17)3;1-11-7-6-8-12(2)14(11)16-15(18)13-9-4-5-10-17(13)3;1-5-6-14-9(3)12(16)15-10-8(2)7-19-11(10)13(17)18-4;1-4-9-14-11(3)13(16)15-12-8-6-5-7-10(12)2;;/h8-10,16H,4-7,11-13H2,1-3H3,(H,19,21);6-8,13H,4-5,9-10H2,1-3H3,(H,16,18);7,9,14H,5-6H2,1-4H3,(H,15,16);5-8,11,14H,4,9H2,1-3H3,(H,15,16);1H;1H2. The number of nitrogens with zero attached hydrogens (tertiary/aromatic N) is 2. The number of carbonyl (C=O) groups is 5. The number of hydrogen-bond acceptors (Lipinski definition) is 11. The molecule has 4 amide bonds. The maximum Gasteiger partial charge on any atom is 0.350 e. The maximum atomic E-state index is 12.7. The van der Waals surface area contributed by atoms with Crippen LogP contribution in [0.1, 0.15) is 142 Å². The van der Waals surface area contributed by atoms with Gasteiger partial charge in [0.05, 0.1) is 37.0 Å². The van der Waals surface area contributed by atoms with Crippen molar-refractivity contribution in [2.24, 2.45) is 0 Å². The molecule has 4 atom stereocenters. The molecule has 0 saturated carbocycles. The van der Waals surface area contributed by atoms with Crippen LogP contribution in [0.3, 0.4) is 0 Å². The summed E-state index contributed by atoms with van der Waals surface area (Å²) in [4.78, 5) is 65.4. The number of rotatable bonds is 18. The van der Waals surface area contributed by atoms with Crippen molar-refractivity contribution in [1.82, 2.24) is 20.4 Å². The Morgan fingerprint density at radius 3 is 1.57 bits per heavy atom. The third-order valence-electron chi connectivity index (χ3n) is 13.4. The predicted octanol–water partition coefficient (Wildman–Crippen LogP) is 10.7. The molecule has 0 aliphatic carbocycles. The van der Waals surface area contributed by atoms with E-state index in [0.717, 1.165) is 122 Å². The Morgan fingerprint density at radius 2 is 1.08 bits per heavy atom. The van der Waals surface area contributed by atoms with Gasteiger partial charge in [0.15, 0.2) is 0 Å². The van der Waals surface area contributed by atoms with E-state index >= 15 is 0 Å². The van der Waals surface area contributed by atoms with E-state index in [4.69, 9.17) is 4.74 Å². The lowest BCUT2D eigenvalue weighted by atomic mass is 10.00. The fourth-order valence-electron chi connectivity index (χ4n) is 8.69. The first-order chi connectivity index (χ1) is 35.4. The number of piperidine rings is 2. The number of para-hydroxylation sites is 3. The highest BCUT2D eigenvalue weighted by molar-refractivity contribution is 7.12. The SMILES string of the molecule is CCCCN1CCCCC1C(=O)Nc1c(C)cccc1C.CCCNC(C)C(=O)Nc1c(C)csc1C(=O)OC.CCCNC(C)C(=O)Nc1ccccc1C.Cc1cccc(C)c1NC(=O)C1CCCCN1C.Cl.O. The number of halogens is 1. The molecule has 76 heavy (non-hydrogen) atoms. The van der Waals surface area contributed by atoms with Crippen molar-refractivity contribution in [3.8, 4) is 0 Å². The highest BCUT2D eigenvalue weighted by Gasteiger charge is 2.29. The predicted molar refractivity (Wildman–Crippen MR) is 319 cm³/mol. The van der Waals surface area contributed by atoms with Gasteiger partial charge in [-0.05, 0) is 185 Å². The fourth-order valence-corrected chi connectivity index (χ4v) is 9.62. The number of amides is 4. The minimum atomic E-state index is -0.428. The monoisotopic (exact) mass is 1090 g/mol. The molecule has 4 unspecified atom stereocenters. The Morgan fingerprint density at radius 1 is 0.605 bits per heavy atom. The second-order valence-corrected chi connectivity index (χ2v) is 20.5. The van der Waals surface area contributed by atoms with Crippen LogP contribution in [0.4, 0.5) is 22.7 Å². The van der Waals surface area contributed by atoms with Crippen LogP contribution in [0.2, 0.25) is 0 Å². The smallest absolute Gasteiger partial charge is 0.350 e. The van der Waals surface area contributed by atoms with E-state index in [-0.39, 0.29) is 65.7 Å². The number of anilines is 4. The van der Waals surface area contributed by atoms with Gasteiger partial charge in [0.2, 0.25) is 23.6 Å². The minimum absolute atomic E-state index is 0. The summed E-state index contributed by atoms with van der Waals surface area (Å²) in [5, 5.41) is 20.1. The maximum absolute atomic E-state index is 12.7. The summed E-state index contributed by atoms with van der Waals surface area (Å²) in [6.07, 6.45) is 11.0. The molecule has 4 aromatic rings. The molecular weight excluding hydrogens is 1000 g/mol. The number of hydrogen-bond donors (Lipinski definition) is 6. The molecular formula is C59H93ClN8O7S. The average molecular weight is 1090 g/mol. The van der Waals surface area contributed by atoms with Crippen molar-refractivity contribution < 1.29 is 34.2 Å². The normalized spacial score (nSPS) is 15.9. The summed E-state index contributed by atoms with van der Waals surface area (Å²) >= 11 is 1.27. The van der Waals surface area contributed by atoms with Crippen molar-refractivity contribution in [2.75, 3.05) is 68.1 Å². The van der Waals surface area contributed by atoms with Gasteiger partial charge in [-0.25, -0.2) is 4.79 Å². The summed E-state index contributed by atoms with van der Waals surface area (Å²) in [5.41, 5.74) is 9.87. The molecule has 2 saturated heterocycles. The van der Waals surface area contributed by atoms with E-state index in [9.17, 15) is 24.0 Å². The molecule has 17 heteroatoms. The van der Waals surface area contributed by atoms with Gasteiger partial charge in [0.25, 0.3) is 0 Å². The molecule has 0 spiro atoms. The number of thiophene rings is 1. The first-order valence-corrected chi connectivity index (χ1v) is 27.8. The van der Waals surface area contributed by atoms with Gasteiger partial charge < -0.3 is 42.1 Å². The highest BCUT2D eigenvalue weighted by Crippen LogP contribution is 2.29. The molecule has 6 rings (SSSR count). The summed E-state index contributed by atoms with van der Waals surface area (Å²) in [6.45, 7) is 26.8. The van der Waals surface area contributed by atoms with Gasteiger partial charge in [-0.2, -0.15) is 0 Å². The van der Waals surface area contributed by atoms with Crippen LogP contribution in [0.15, 0.2) is 66.0 Å². The molecule has 2 fully saturated rings. The van der Waals surface area contributed by atoms with Crippen molar-refractivity contribution in [1.29, 1.82) is 0 Å². The number of aryl methyl sites for hydroxylation is 6. The lowest BCUT2D eigenvalue weighted by Crippen LogP contribution is -2.47. The summed E-state index contributed by atoms with van der Waals surface area (Å²) in [5.74, 6) is -0.261. The molecule has 424 valence electrons. The van der Waals surface area contributed by atoms with Crippen LogP contribution in [0.5, 0.6) is 0 Å². The minimum Gasteiger partial charge on any atom is -0.465 e. The number of likely N-dealkylation sites (tertiary alicyclic amines) is 2. The first kappa shape index (κ1) is 68.8. The number of ether oxygens (including phenoxy) is 1. The molecule has 0 bridgehead atoms. The molecule has 8 N–H and O–H groups in total. The first-order valence-electron chi connectivity index (χ1n) is 26.9.